The molecule has 12 heavy (non-hydrogen) atoms. The summed E-state index contributed by atoms with van der Waals surface area (Å²) in [5, 5.41) is 0. The van der Waals surface area contributed by atoms with Gasteiger partial charge in [-0.25, -0.2) is 4.98 Å². The molecule has 2 nitrogen and oxygen atoms in total. The van der Waals surface area contributed by atoms with Gasteiger partial charge >= 0.3 is 0 Å². The molecule has 2 rings (SSSR count). The predicted molar refractivity (Wildman–Crippen MR) is 42.6 cm³/mol. The van der Waals surface area contributed by atoms with E-state index in [0.29, 0.717) is 5.69 Å². The molecule has 1 aromatic heterocycles. The molecule has 1 aliphatic rings. The molecule has 1 saturated carbocycles. The van der Waals surface area contributed by atoms with Gasteiger partial charge in [-0.1, -0.05) is 0 Å². The first-order chi connectivity index (χ1) is 5.75. The van der Waals surface area contributed by atoms with Gasteiger partial charge in [0.25, 0.3) is 5.95 Å². The number of hydrogen-bond donors (Lipinski definition) is 0. The summed E-state index contributed by atoms with van der Waals surface area (Å²) in [6.45, 7) is 1.75. The van der Waals surface area contributed by atoms with Crippen LogP contribution in [0.2, 0.25) is 0 Å². The standard InChI is InChI=1S/C9H10FNO/c1-6-2-5-8(9(10)11-6)12-7-3-4-7/h2,5,7H,3-4H2,1H3. The van der Waals surface area contributed by atoms with E-state index in [1.165, 1.54) is 0 Å². The Morgan fingerprint density at radius 1 is 1.50 bits per heavy atom. The third kappa shape index (κ3) is 1.55. The summed E-state index contributed by atoms with van der Waals surface area (Å²) in [5.74, 6) is -0.218. The number of aryl methyl sites for hydroxylation is 1. The summed E-state index contributed by atoms with van der Waals surface area (Å²) < 4.78 is 18.3. The van der Waals surface area contributed by atoms with Crippen molar-refractivity contribution in [3.8, 4) is 5.75 Å². The molecule has 0 N–H and O–H groups in total. The van der Waals surface area contributed by atoms with Crippen LogP contribution in [0.15, 0.2) is 12.1 Å². The van der Waals surface area contributed by atoms with E-state index in [2.05, 4.69) is 4.98 Å². The Morgan fingerprint density at radius 3 is 2.83 bits per heavy atom. The molecule has 1 aliphatic carbocycles. The molecule has 0 unspecified atom stereocenters. The lowest BCUT2D eigenvalue weighted by molar-refractivity contribution is 0.283. The molecule has 0 aliphatic heterocycles. The van der Waals surface area contributed by atoms with E-state index < -0.39 is 5.95 Å². The first-order valence-corrected chi connectivity index (χ1v) is 4.05. The van der Waals surface area contributed by atoms with Crippen molar-refractivity contribution in [2.45, 2.75) is 25.9 Å². The molecule has 0 aromatic carbocycles. The van der Waals surface area contributed by atoms with Gasteiger partial charge in [-0.05, 0) is 31.9 Å². The lowest BCUT2D eigenvalue weighted by Gasteiger charge is -2.04. The second-order valence-electron chi connectivity index (χ2n) is 3.06. The number of aromatic nitrogens is 1. The second-order valence-corrected chi connectivity index (χ2v) is 3.06. The molecule has 64 valence electrons. The van der Waals surface area contributed by atoms with E-state index in [1.807, 2.05) is 0 Å². The first-order valence-electron chi connectivity index (χ1n) is 4.05. The summed E-state index contributed by atoms with van der Waals surface area (Å²) in [5.41, 5.74) is 0.677. The van der Waals surface area contributed by atoms with Crippen molar-refractivity contribution < 1.29 is 9.13 Å². The van der Waals surface area contributed by atoms with Crippen LogP contribution in [0.3, 0.4) is 0 Å². The molecular weight excluding hydrogens is 157 g/mol. The average molecular weight is 167 g/mol. The van der Waals surface area contributed by atoms with Gasteiger partial charge in [0.05, 0.1) is 6.10 Å². The molecule has 1 fully saturated rings. The van der Waals surface area contributed by atoms with Crippen LogP contribution in [0.25, 0.3) is 0 Å². The SMILES string of the molecule is Cc1ccc(OC2CC2)c(F)n1. The molecule has 0 radical (unpaired) electrons. The zero-order chi connectivity index (χ0) is 8.55. The summed E-state index contributed by atoms with van der Waals surface area (Å²) >= 11 is 0. The highest BCUT2D eigenvalue weighted by atomic mass is 19.1. The molecule has 0 amide bonds. The zero-order valence-electron chi connectivity index (χ0n) is 6.88. The van der Waals surface area contributed by atoms with Gasteiger partial charge in [-0.3, -0.25) is 0 Å². The highest BCUT2D eigenvalue weighted by Gasteiger charge is 2.24. The van der Waals surface area contributed by atoms with Crippen molar-refractivity contribution in [3.63, 3.8) is 0 Å². The number of ether oxygens (including phenoxy) is 1. The Labute approximate surface area is 70.4 Å². The maximum absolute atomic E-state index is 13.0. The summed E-state index contributed by atoms with van der Waals surface area (Å²) in [6, 6.07) is 3.39. The van der Waals surface area contributed by atoms with Crippen LogP contribution in [-0.4, -0.2) is 11.1 Å². The summed E-state index contributed by atoms with van der Waals surface area (Å²) in [7, 11) is 0. The summed E-state index contributed by atoms with van der Waals surface area (Å²) in [4.78, 5) is 3.66. The van der Waals surface area contributed by atoms with Crippen molar-refractivity contribution in [2.75, 3.05) is 0 Å². The van der Waals surface area contributed by atoms with Gasteiger partial charge in [0, 0.05) is 5.69 Å². The van der Waals surface area contributed by atoms with Crippen molar-refractivity contribution in [2.24, 2.45) is 0 Å². The predicted octanol–water partition coefficient (Wildman–Crippen LogP) is 2.07. The van der Waals surface area contributed by atoms with E-state index in [-0.39, 0.29) is 11.9 Å². The zero-order valence-corrected chi connectivity index (χ0v) is 6.88. The Bertz CT molecular complexity index is 297. The third-order valence-corrected chi connectivity index (χ3v) is 1.77. The molecular formula is C9H10FNO. The van der Waals surface area contributed by atoms with E-state index >= 15 is 0 Å². The number of pyridine rings is 1. The fourth-order valence-corrected chi connectivity index (χ4v) is 0.966. The Kier molecular flexibility index (Phi) is 1.71. The largest absolute Gasteiger partial charge is 0.486 e. The van der Waals surface area contributed by atoms with Crippen LogP contribution in [0, 0.1) is 12.9 Å². The number of rotatable bonds is 2. The lowest BCUT2D eigenvalue weighted by Crippen LogP contribution is -2.00. The van der Waals surface area contributed by atoms with Crippen molar-refractivity contribution in [1.29, 1.82) is 0 Å². The highest BCUT2D eigenvalue weighted by Crippen LogP contribution is 2.27. The second kappa shape index (κ2) is 2.73. The highest BCUT2D eigenvalue weighted by molar-refractivity contribution is 5.21. The van der Waals surface area contributed by atoms with Crippen molar-refractivity contribution in [1.82, 2.24) is 4.98 Å². The lowest BCUT2D eigenvalue weighted by atomic mass is 10.4. The number of hydrogen-bond acceptors (Lipinski definition) is 2. The third-order valence-electron chi connectivity index (χ3n) is 1.77. The normalized spacial score (nSPS) is 16.2. The van der Waals surface area contributed by atoms with Gasteiger partial charge in [0.2, 0.25) is 0 Å². The topological polar surface area (TPSA) is 22.1 Å². The van der Waals surface area contributed by atoms with Crippen LogP contribution in [0.4, 0.5) is 4.39 Å². The van der Waals surface area contributed by atoms with E-state index in [1.54, 1.807) is 19.1 Å². The van der Waals surface area contributed by atoms with Gasteiger partial charge < -0.3 is 4.74 Å². The Balaban J connectivity index is 2.18. The minimum Gasteiger partial charge on any atom is -0.486 e. The molecule has 1 heterocycles. The van der Waals surface area contributed by atoms with E-state index in [0.717, 1.165) is 12.8 Å². The molecule has 3 heteroatoms. The van der Waals surface area contributed by atoms with Crippen LogP contribution in [-0.2, 0) is 0 Å². The van der Waals surface area contributed by atoms with Crippen LogP contribution in [0.5, 0.6) is 5.75 Å². The average Bonchev–Trinajstić information content (AvgIpc) is 2.79. The van der Waals surface area contributed by atoms with Crippen molar-refractivity contribution in [3.05, 3.63) is 23.8 Å². The van der Waals surface area contributed by atoms with Crippen LogP contribution >= 0.6 is 0 Å². The molecule has 0 spiro atoms. The minimum atomic E-state index is -0.498. The molecule has 0 saturated heterocycles. The maximum Gasteiger partial charge on any atom is 0.255 e. The minimum absolute atomic E-state index is 0.226. The first kappa shape index (κ1) is 7.53. The summed E-state index contributed by atoms with van der Waals surface area (Å²) in [6.07, 6.45) is 2.30. The van der Waals surface area contributed by atoms with Gasteiger partial charge in [-0.2, -0.15) is 4.39 Å². The monoisotopic (exact) mass is 167 g/mol. The molecule has 0 bridgehead atoms. The van der Waals surface area contributed by atoms with E-state index in [9.17, 15) is 4.39 Å². The molecule has 0 atom stereocenters. The van der Waals surface area contributed by atoms with Crippen LogP contribution in [0.1, 0.15) is 18.5 Å². The van der Waals surface area contributed by atoms with Gasteiger partial charge in [-0.15, -0.1) is 0 Å². The number of nitrogens with zero attached hydrogens (tertiary/aromatic N) is 1. The fraction of sp³-hybridized carbons (Fsp3) is 0.444. The Morgan fingerprint density at radius 2 is 2.25 bits per heavy atom. The fourth-order valence-electron chi connectivity index (χ4n) is 0.966. The van der Waals surface area contributed by atoms with E-state index in [4.69, 9.17) is 4.74 Å². The van der Waals surface area contributed by atoms with Gasteiger partial charge in [0.1, 0.15) is 0 Å². The Hall–Kier alpha value is -1.12. The quantitative estimate of drug-likeness (QED) is 0.629. The smallest absolute Gasteiger partial charge is 0.255 e. The van der Waals surface area contributed by atoms with Gasteiger partial charge in [0.15, 0.2) is 5.75 Å². The number of halogens is 1. The maximum atomic E-state index is 13.0. The van der Waals surface area contributed by atoms with Crippen molar-refractivity contribution >= 4 is 0 Å². The van der Waals surface area contributed by atoms with Crippen LogP contribution < -0.4 is 4.74 Å². The molecule has 1 aromatic rings.